The normalized spacial score (nSPS) is 9.64. The highest BCUT2D eigenvalue weighted by Crippen LogP contribution is 1.95. The average molecular weight is 192 g/mol. The SMILES string of the molecule is Cc1ccc(C)nc(CNN)c[nH]c1. The van der Waals surface area contributed by atoms with Gasteiger partial charge in [-0.05, 0) is 25.5 Å². The van der Waals surface area contributed by atoms with Crippen LogP contribution in [0, 0.1) is 13.8 Å². The molecule has 0 aromatic carbocycles. The number of nitrogens with two attached hydrogens (primary N) is 1. The maximum absolute atomic E-state index is 5.24. The Hall–Kier alpha value is -1.39. The highest BCUT2D eigenvalue weighted by molar-refractivity contribution is 5.09. The van der Waals surface area contributed by atoms with Crippen LogP contribution in [0.1, 0.15) is 17.0 Å². The van der Waals surface area contributed by atoms with E-state index in [2.05, 4.69) is 15.4 Å². The lowest BCUT2D eigenvalue weighted by Crippen LogP contribution is -2.21. The van der Waals surface area contributed by atoms with Crippen LogP contribution in [0.2, 0.25) is 0 Å². The molecule has 0 saturated heterocycles. The fourth-order valence-electron chi connectivity index (χ4n) is 1.06. The van der Waals surface area contributed by atoms with E-state index >= 15 is 0 Å². The van der Waals surface area contributed by atoms with Gasteiger partial charge in [-0.2, -0.15) is 0 Å². The van der Waals surface area contributed by atoms with Crippen LogP contribution in [0.4, 0.5) is 0 Å². The molecule has 0 radical (unpaired) electrons. The first-order valence-electron chi connectivity index (χ1n) is 4.51. The standard InChI is InChI=1S/C10H16N4/c1-8-3-4-9(2)14-10(7-13-11)6-12-5-8/h3-6,12-13H,7,11H2,1-2H3. The molecule has 0 saturated carbocycles. The molecule has 1 rings (SSSR count). The smallest absolute Gasteiger partial charge is 0.0718 e. The van der Waals surface area contributed by atoms with E-state index in [4.69, 9.17) is 5.84 Å². The van der Waals surface area contributed by atoms with E-state index in [1.54, 1.807) is 0 Å². The Morgan fingerprint density at radius 2 is 2.14 bits per heavy atom. The lowest BCUT2D eigenvalue weighted by atomic mass is 10.3. The number of hydrogen-bond acceptors (Lipinski definition) is 3. The molecule has 4 N–H and O–H groups in total. The van der Waals surface area contributed by atoms with Gasteiger partial charge in [0.15, 0.2) is 0 Å². The van der Waals surface area contributed by atoms with Gasteiger partial charge >= 0.3 is 0 Å². The highest BCUT2D eigenvalue weighted by Gasteiger charge is 1.89. The zero-order chi connectivity index (χ0) is 10.4. The largest absolute Gasteiger partial charge is 0.366 e. The van der Waals surface area contributed by atoms with Gasteiger partial charge in [0.2, 0.25) is 0 Å². The van der Waals surface area contributed by atoms with Crippen LogP contribution < -0.4 is 11.3 Å². The van der Waals surface area contributed by atoms with Crippen molar-refractivity contribution >= 4 is 0 Å². The Morgan fingerprint density at radius 1 is 1.36 bits per heavy atom. The average Bonchev–Trinajstić information content (AvgIpc) is 2.20. The summed E-state index contributed by atoms with van der Waals surface area (Å²) in [5.74, 6) is 5.24. The lowest BCUT2D eigenvalue weighted by Gasteiger charge is -1.95. The van der Waals surface area contributed by atoms with Crippen molar-refractivity contribution in [3.05, 3.63) is 41.5 Å². The fourth-order valence-corrected chi connectivity index (χ4v) is 1.06. The third kappa shape index (κ3) is 3.55. The third-order valence-electron chi connectivity index (χ3n) is 1.75. The van der Waals surface area contributed by atoms with Crippen LogP contribution in [0.25, 0.3) is 0 Å². The summed E-state index contributed by atoms with van der Waals surface area (Å²) >= 11 is 0. The maximum Gasteiger partial charge on any atom is 0.0718 e. The second-order valence-electron chi connectivity index (χ2n) is 3.16. The van der Waals surface area contributed by atoms with Gasteiger partial charge in [-0.25, -0.2) is 0 Å². The predicted molar refractivity (Wildman–Crippen MR) is 56.7 cm³/mol. The molecule has 14 heavy (non-hydrogen) atoms. The van der Waals surface area contributed by atoms with E-state index in [1.165, 1.54) is 0 Å². The van der Waals surface area contributed by atoms with E-state index in [1.807, 2.05) is 38.4 Å². The summed E-state index contributed by atoms with van der Waals surface area (Å²) in [4.78, 5) is 7.43. The van der Waals surface area contributed by atoms with Crippen molar-refractivity contribution in [3.8, 4) is 0 Å². The Bertz CT molecular complexity index is 342. The van der Waals surface area contributed by atoms with E-state index in [0.29, 0.717) is 6.54 Å². The fraction of sp³-hybridized carbons (Fsp3) is 0.300. The van der Waals surface area contributed by atoms with Crippen molar-refractivity contribution < 1.29 is 0 Å². The predicted octanol–water partition coefficient (Wildman–Crippen LogP) is 1.11. The van der Waals surface area contributed by atoms with Crippen molar-refractivity contribution in [2.24, 2.45) is 5.84 Å². The number of hydrazine groups is 1. The van der Waals surface area contributed by atoms with Crippen molar-refractivity contribution in [2.75, 3.05) is 0 Å². The van der Waals surface area contributed by atoms with Crippen LogP contribution in [0.3, 0.4) is 0 Å². The minimum Gasteiger partial charge on any atom is -0.366 e. The molecular weight excluding hydrogens is 176 g/mol. The molecule has 1 heterocycles. The van der Waals surface area contributed by atoms with Gasteiger partial charge in [-0.3, -0.25) is 16.3 Å². The summed E-state index contributed by atoms with van der Waals surface area (Å²) in [6.45, 7) is 4.53. The highest BCUT2D eigenvalue weighted by atomic mass is 15.2. The van der Waals surface area contributed by atoms with Crippen LogP contribution >= 0.6 is 0 Å². The number of rotatable bonds is 2. The van der Waals surface area contributed by atoms with Crippen LogP contribution in [-0.2, 0) is 6.54 Å². The van der Waals surface area contributed by atoms with Gasteiger partial charge in [-0.1, -0.05) is 6.07 Å². The van der Waals surface area contributed by atoms with Crippen molar-refractivity contribution in [3.63, 3.8) is 0 Å². The number of aromatic nitrogens is 2. The zero-order valence-corrected chi connectivity index (χ0v) is 8.54. The van der Waals surface area contributed by atoms with Gasteiger partial charge in [0.05, 0.1) is 12.2 Å². The van der Waals surface area contributed by atoms with E-state index in [9.17, 15) is 0 Å². The van der Waals surface area contributed by atoms with E-state index in [-0.39, 0.29) is 0 Å². The maximum atomic E-state index is 5.24. The number of aromatic amines is 1. The Morgan fingerprint density at radius 3 is 2.86 bits per heavy atom. The van der Waals surface area contributed by atoms with Crippen molar-refractivity contribution in [1.82, 2.24) is 15.4 Å². The molecule has 0 aliphatic heterocycles. The number of H-pyrrole nitrogens is 1. The van der Waals surface area contributed by atoms with Crippen LogP contribution in [0.5, 0.6) is 0 Å². The molecule has 0 fully saturated rings. The molecule has 0 spiro atoms. The Balaban J connectivity index is 3.17. The summed E-state index contributed by atoms with van der Waals surface area (Å²) in [5.41, 5.74) is 5.56. The molecule has 0 atom stereocenters. The number of hydrogen-bond donors (Lipinski definition) is 3. The van der Waals surface area contributed by atoms with Crippen molar-refractivity contribution in [2.45, 2.75) is 20.4 Å². The molecule has 0 aliphatic carbocycles. The first-order chi connectivity index (χ1) is 6.72. The Labute approximate surface area is 83.9 Å². The summed E-state index contributed by atoms with van der Waals surface area (Å²) in [6, 6.07) is 3.99. The van der Waals surface area contributed by atoms with Crippen molar-refractivity contribution in [1.29, 1.82) is 0 Å². The van der Waals surface area contributed by atoms with E-state index < -0.39 is 0 Å². The molecule has 76 valence electrons. The molecule has 1 aromatic rings. The molecule has 0 aliphatic rings. The van der Waals surface area contributed by atoms with Gasteiger partial charge in [0.1, 0.15) is 0 Å². The van der Waals surface area contributed by atoms with Gasteiger partial charge in [0, 0.05) is 18.1 Å². The van der Waals surface area contributed by atoms with Gasteiger partial charge in [-0.15, -0.1) is 0 Å². The van der Waals surface area contributed by atoms with Crippen LogP contribution in [0.15, 0.2) is 24.5 Å². The minimum atomic E-state index is 0.547. The summed E-state index contributed by atoms with van der Waals surface area (Å²) in [5, 5.41) is 0. The summed E-state index contributed by atoms with van der Waals surface area (Å²) < 4.78 is 0. The molecule has 0 bridgehead atoms. The molecule has 0 amide bonds. The number of nitrogens with one attached hydrogen (secondary N) is 2. The molecule has 4 heteroatoms. The monoisotopic (exact) mass is 192 g/mol. The first-order valence-corrected chi connectivity index (χ1v) is 4.51. The van der Waals surface area contributed by atoms with Gasteiger partial charge < -0.3 is 4.98 Å². The molecule has 4 nitrogen and oxygen atoms in total. The molecule has 1 aromatic heterocycles. The second kappa shape index (κ2) is 5.36. The second-order valence-corrected chi connectivity index (χ2v) is 3.16. The van der Waals surface area contributed by atoms with E-state index in [0.717, 1.165) is 17.0 Å². The molecule has 0 unspecified atom stereocenters. The summed E-state index contributed by atoms with van der Waals surface area (Å²) in [6.07, 6.45) is 3.75. The third-order valence-corrected chi connectivity index (χ3v) is 1.75. The number of aryl methyl sites for hydroxylation is 2. The Kier molecular flexibility index (Phi) is 4.10. The number of nitrogens with zero attached hydrogens (tertiary/aromatic N) is 1. The minimum absolute atomic E-state index is 0.547. The topological polar surface area (TPSA) is 66.7 Å². The van der Waals surface area contributed by atoms with Crippen LogP contribution in [-0.4, -0.2) is 9.97 Å². The summed E-state index contributed by atoms with van der Waals surface area (Å²) in [7, 11) is 0. The molecular formula is C10H16N4. The lowest BCUT2D eigenvalue weighted by molar-refractivity contribution is 0.719. The zero-order valence-electron chi connectivity index (χ0n) is 8.54. The van der Waals surface area contributed by atoms with Gasteiger partial charge in [0.25, 0.3) is 0 Å². The first kappa shape index (κ1) is 10.7. The quantitative estimate of drug-likeness (QED) is 0.486.